The molecule has 1 aliphatic rings. The van der Waals surface area contributed by atoms with Crippen molar-refractivity contribution in [1.82, 2.24) is 10.3 Å². The Bertz CT molecular complexity index is 877. The topological polar surface area (TPSA) is 63.2 Å². The van der Waals surface area contributed by atoms with Crippen molar-refractivity contribution in [2.45, 2.75) is 39.0 Å². The Kier molecular flexibility index (Phi) is 5.81. The van der Waals surface area contributed by atoms with E-state index in [0.717, 1.165) is 11.3 Å². The van der Waals surface area contributed by atoms with Crippen molar-refractivity contribution < 1.29 is 18.3 Å². The Morgan fingerprint density at radius 3 is 2.57 bits per heavy atom. The highest BCUT2D eigenvalue weighted by Crippen LogP contribution is 2.26. The number of hydrogen-bond donors (Lipinski definition) is 2. The quantitative estimate of drug-likeness (QED) is 0.751. The SMILES string of the molecule is CCOc1ccc2c(n1)CCNC2C(=O)Nc1cc(F)c([Si](C)(C)C)c(F)c1. The number of benzene rings is 1. The van der Waals surface area contributed by atoms with Crippen molar-refractivity contribution in [3.8, 4) is 5.88 Å². The molecule has 5 nitrogen and oxygen atoms in total. The zero-order chi connectivity index (χ0) is 20.5. The molecule has 3 rings (SSSR count). The summed E-state index contributed by atoms with van der Waals surface area (Å²) in [7, 11) is -2.17. The van der Waals surface area contributed by atoms with E-state index in [1.807, 2.05) is 26.6 Å². The van der Waals surface area contributed by atoms with Gasteiger partial charge in [0.25, 0.3) is 0 Å². The number of nitrogens with one attached hydrogen (secondary N) is 2. The summed E-state index contributed by atoms with van der Waals surface area (Å²) in [6.45, 7) is 8.59. The van der Waals surface area contributed by atoms with Crippen LogP contribution in [0.25, 0.3) is 0 Å². The number of ether oxygens (including phenoxy) is 1. The van der Waals surface area contributed by atoms with E-state index in [-0.39, 0.29) is 16.8 Å². The third-order valence-electron chi connectivity index (χ3n) is 4.62. The van der Waals surface area contributed by atoms with E-state index in [2.05, 4.69) is 15.6 Å². The standard InChI is InChI=1S/C20H25F2N3O2Si/c1-5-27-17-7-6-13-16(25-17)8-9-23-18(13)20(26)24-12-10-14(21)19(15(22)11-12)28(2,3)4/h6-7,10-11,18,23H,5,8-9H2,1-4H3,(H,24,26). The summed E-state index contributed by atoms with van der Waals surface area (Å²) in [4.78, 5) is 17.2. The number of pyridine rings is 1. The maximum atomic E-state index is 14.5. The predicted molar refractivity (Wildman–Crippen MR) is 108 cm³/mol. The molecule has 2 N–H and O–H groups in total. The number of aromatic nitrogens is 1. The normalized spacial score (nSPS) is 16.4. The molecule has 1 unspecified atom stereocenters. The molecule has 8 heteroatoms. The third-order valence-corrected chi connectivity index (χ3v) is 6.60. The van der Waals surface area contributed by atoms with Gasteiger partial charge in [0.15, 0.2) is 0 Å². The smallest absolute Gasteiger partial charge is 0.246 e. The predicted octanol–water partition coefficient (Wildman–Crippen LogP) is 3.13. The van der Waals surface area contributed by atoms with Crippen molar-refractivity contribution in [2.24, 2.45) is 0 Å². The van der Waals surface area contributed by atoms with E-state index >= 15 is 0 Å². The highest BCUT2D eigenvalue weighted by molar-refractivity contribution is 6.88. The lowest BCUT2D eigenvalue weighted by Crippen LogP contribution is -2.42. The average molecular weight is 406 g/mol. The van der Waals surface area contributed by atoms with Crippen LogP contribution >= 0.6 is 0 Å². The monoisotopic (exact) mass is 405 g/mol. The summed E-state index contributed by atoms with van der Waals surface area (Å²) >= 11 is 0. The number of carbonyl (C=O) groups excluding carboxylic acids is 1. The van der Waals surface area contributed by atoms with Gasteiger partial charge in [-0.3, -0.25) is 4.79 Å². The molecule has 0 saturated carbocycles. The molecule has 1 atom stereocenters. The van der Waals surface area contributed by atoms with Crippen LogP contribution in [-0.4, -0.2) is 32.1 Å². The Hall–Kier alpha value is -2.32. The van der Waals surface area contributed by atoms with Crippen molar-refractivity contribution in [1.29, 1.82) is 0 Å². The fourth-order valence-corrected chi connectivity index (χ4v) is 5.02. The van der Waals surface area contributed by atoms with Gasteiger partial charge in [-0.25, -0.2) is 13.8 Å². The van der Waals surface area contributed by atoms with Gasteiger partial charge in [-0.1, -0.05) is 19.6 Å². The van der Waals surface area contributed by atoms with Crippen LogP contribution in [0.3, 0.4) is 0 Å². The molecule has 28 heavy (non-hydrogen) atoms. The lowest BCUT2D eigenvalue weighted by Gasteiger charge is -2.26. The number of anilines is 1. The summed E-state index contributed by atoms with van der Waals surface area (Å²) in [5.41, 5.74) is 1.64. The Morgan fingerprint density at radius 2 is 1.96 bits per heavy atom. The molecule has 2 heterocycles. The van der Waals surface area contributed by atoms with Crippen LogP contribution in [0.5, 0.6) is 5.88 Å². The number of fused-ring (bicyclic) bond motifs is 1. The number of carbonyl (C=O) groups is 1. The fourth-order valence-electron chi connectivity index (χ4n) is 3.44. The Labute approximate surface area is 164 Å². The first-order chi connectivity index (χ1) is 13.2. The molecule has 1 aliphatic heterocycles. The summed E-state index contributed by atoms with van der Waals surface area (Å²) in [5.74, 6) is -1.09. The van der Waals surface area contributed by atoms with Crippen molar-refractivity contribution in [2.75, 3.05) is 18.5 Å². The van der Waals surface area contributed by atoms with E-state index in [1.165, 1.54) is 12.1 Å². The lowest BCUT2D eigenvalue weighted by molar-refractivity contribution is -0.118. The minimum atomic E-state index is -2.17. The first-order valence-corrected chi connectivity index (χ1v) is 12.9. The molecular formula is C20H25F2N3O2Si. The molecule has 0 radical (unpaired) electrons. The summed E-state index contributed by atoms with van der Waals surface area (Å²) in [6.07, 6.45) is 0.675. The highest BCUT2D eigenvalue weighted by Gasteiger charge is 2.29. The number of hydrogen-bond acceptors (Lipinski definition) is 4. The molecule has 0 spiro atoms. The van der Waals surface area contributed by atoms with Crippen molar-refractivity contribution >= 4 is 24.9 Å². The van der Waals surface area contributed by atoms with E-state index in [0.29, 0.717) is 25.5 Å². The van der Waals surface area contributed by atoms with Gasteiger partial charge in [-0.05, 0) is 25.1 Å². The molecule has 0 aliphatic carbocycles. The molecule has 1 aromatic heterocycles. The van der Waals surface area contributed by atoms with Gasteiger partial charge in [0.2, 0.25) is 11.8 Å². The van der Waals surface area contributed by atoms with Crippen LogP contribution in [0.4, 0.5) is 14.5 Å². The molecule has 1 aromatic carbocycles. The van der Waals surface area contributed by atoms with E-state index in [1.54, 1.807) is 12.1 Å². The van der Waals surface area contributed by atoms with Crippen molar-refractivity contribution in [3.05, 3.63) is 47.2 Å². The van der Waals surface area contributed by atoms with Gasteiger partial charge in [-0.2, -0.15) is 0 Å². The highest BCUT2D eigenvalue weighted by atomic mass is 28.3. The van der Waals surface area contributed by atoms with Gasteiger partial charge >= 0.3 is 0 Å². The minimum Gasteiger partial charge on any atom is -0.478 e. The summed E-state index contributed by atoms with van der Waals surface area (Å²) in [6, 6.07) is 5.26. The van der Waals surface area contributed by atoms with Gasteiger partial charge in [0.05, 0.1) is 20.4 Å². The summed E-state index contributed by atoms with van der Waals surface area (Å²) < 4.78 is 34.3. The Balaban J connectivity index is 1.83. The van der Waals surface area contributed by atoms with Gasteiger partial charge in [0, 0.05) is 35.5 Å². The molecular weight excluding hydrogens is 380 g/mol. The van der Waals surface area contributed by atoms with Crippen LogP contribution in [0.2, 0.25) is 19.6 Å². The second-order valence-electron chi connectivity index (χ2n) is 7.81. The molecule has 150 valence electrons. The zero-order valence-electron chi connectivity index (χ0n) is 16.5. The molecule has 0 fully saturated rings. The average Bonchev–Trinajstić information content (AvgIpc) is 2.59. The number of amides is 1. The second-order valence-corrected chi connectivity index (χ2v) is 12.8. The zero-order valence-corrected chi connectivity index (χ0v) is 17.5. The van der Waals surface area contributed by atoms with Gasteiger partial charge < -0.3 is 15.4 Å². The summed E-state index contributed by atoms with van der Waals surface area (Å²) in [5, 5.41) is 5.90. The third kappa shape index (κ3) is 4.23. The molecule has 0 saturated heterocycles. The van der Waals surface area contributed by atoms with Crippen molar-refractivity contribution in [3.63, 3.8) is 0 Å². The van der Waals surface area contributed by atoms with E-state index in [9.17, 15) is 13.6 Å². The molecule has 1 amide bonds. The van der Waals surface area contributed by atoms with Crippen LogP contribution in [0.1, 0.15) is 24.2 Å². The van der Waals surface area contributed by atoms with Crippen LogP contribution in [0, 0.1) is 11.6 Å². The van der Waals surface area contributed by atoms with Gasteiger partial charge in [0.1, 0.15) is 17.7 Å². The Morgan fingerprint density at radius 1 is 1.29 bits per heavy atom. The minimum absolute atomic E-state index is 0.106. The maximum Gasteiger partial charge on any atom is 0.246 e. The molecule has 2 aromatic rings. The van der Waals surface area contributed by atoms with Crippen LogP contribution in [-0.2, 0) is 11.2 Å². The van der Waals surface area contributed by atoms with E-state index < -0.39 is 25.8 Å². The number of halogens is 2. The maximum absolute atomic E-state index is 14.5. The largest absolute Gasteiger partial charge is 0.478 e. The van der Waals surface area contributed by atoms with Gasteiger partial charge in [-0.15, -0.1) is 0 Å². The first kappa shape index (κ1) is 20.4. The number of nitrogens with zero attached hydrogens (tertiary/aromatic N) is 1. The first-order valence-electron chi connectivity index (χ1n) is 9.37. The lowest BCUT2D eigenvalue weighted by atomic mass is 9.98. The second kappa shape index (κ2) is 7.96. The number of rotatable bonds is 5. The van der Waals surface area contributed by atoms with Crippen LogP contribution < -0.4 is 20.6 Å². The molecule has 0 bridgehead atoms. The fraction of sp³-hybridized carbons (Fsp3) is 0.400. The van der Waals surface area contributed by atoms with E-state index in [4.69, 9.17) is 4.74 Å². The van der Waals surface area contributed by atoms with Crippen LogP contribution in [0.15, 0.2) is 24.3 Å².